The average Bonchev–Trinajstić information content (AvgIpc) is 2.53. The molecule has 3 rings (SSSR count). The molecule has 0 saturated carbocycles. The Bertz CT molecular complexity index is 605. The van der Waals surface area contributed by atoms with E-state index in [1.165, 1.54) is 5.69 Å². The molecule has 1 aromatic heterocycles. The molecule has 2 aromatic rings. The molecule has 4 nitrogen and oxygen atoms in total. The first-order valence-electron chi connectivity index (χ1n) is 7.09. The van der Waals surface area contributed by atoms with Crippen LogP contribution in [0.4, 0.5) is 5.69 Å². The minimum absolute atomic E-state index is 0. The summed E-state index contributed by atoms with van der Waals surface area (Å²) in [7, 11) is 0. The van der Waals surface area contributed by atoms with Crippen LogP contribution in [0.15, 0.2) is 47.2 Å². The van der Waals surface area contributed by atoms with Crippen LogP contribution in [-0.2, 0) is 6.54 Å². The van der Waals surface area contributed by atoms with Crippen molar-refractivity contribution in [1.29, 1.82) is 0 Å². The number of anilines is 1. The number of aromatic hydroxyl groups is 1. The maximum Gasteiger partial charge on any atom is 0.152 e. The van der Waals surface area contributed by atoms with Crippen molar-refractivity contribution < 1.29 is 5.11 Å². The number of rotatable bonds is 3. The molecule has 0 unspecified atom stereocenters. The summed E-state index contributed by atoms with van der Waals surface area (Å²) in [6.45, 7) is 4.77. The van der Waals surface area contributed by atoms with Gasteiger partial charge in [0.25, 0.3) is 0 Å². The Morgan fingerprint density at radius 2 is 1.65 bits per heavy atom. The summed E-state index contributed by atoms with van der Waals surface area (Å²) in [5.74, 6) is 0.253. The number of pyridine rings is 1. The summed E-state index contributed by atoms with van der Waals surface area (Å²) in [5, 5.41) is 10.0. The lowest BCUT2D eigenvalue weighted by molar-refractivity contribution is 0.246. The first-order chi connectivity index (χ1) is 10.2. The van der Waals surface area contributed by atoms with E-state index in [1.54, 1.807) is 6.20 Å². The molecule has 0 spiro atoms. The molecule has 1 aliphatic rings. The summed E-state index contributed by atoms with van der Waals surface area (Å²) >= 11 is 3.26. The van der Waals surface area contributed by atoms with Crippen molar-refractivity contribution in [1.82, 2.24) is 9.88 Å². The van der Waals surface area contributed by atoms with Crippen molar-refractivity contribution >= 4 is 55.6 Å². The SMILES string of the molecule is Br.Br.Oc1c(CN2CCN(c3ccccc3)CC2)ccnc1Br. The molecule has 1 aromatic carbocycles. The zero-order valence-corrected chi connectivity index (χ0v) is 17.6. The van der Waals surface area contributed by atoms with Gasteiger partial charge >= 0.3 is 0 Å². The third kappa shape index (κ3) is 5.17. The highest BCUT2D eigenvalue weighted by atomic mass is 79.9. The second-order valence-electron chi connectivity index (χ2n) is 5.21. The zero-order valence-electron chi connectivity index (χ0n) is 12.6. The minimum atomic E-state index is 0. The Morgan fingerprint density at radius 3 is 2.30 bits per heavy atom. The van der Waals surface area contributed by atoms with Crippen LogP contribution in [0.25, 0.3) is 0 Å². The van der Waals surface area contributed by atoms with Gasteiger partial charge in [-0.1, -0.05) is 18.2 Å². The van der Waals surface area contributed by atoms with Crippen LogP contribution in [-0.4, -0.2) is 41.2 Å². The van der Waals surface area contributed by atoms with Crippen LogP contribution in [0, 0.1) is 0 Å². The highest BCUT2D eigenvalue weighted by Gasteiger charge is 2.18. The van der Waals surface area contributed by atoms with Gasteiger partial charge in [0.15, 0.2) is 5.75 Å². The van der Waals surface area contributed by atoms with Crippen LogP contribution in [0.3, 0.4) is 0 Å². The molecular weight excluding hydrogens is 490 g/mol. The average molecular weight is 510 g/mol. The molecule has 0 bridgehead atoms. The van der Waals surface area contributed by atoms with E-state index in [4.69, 9.17) is 0 Å². The fourth-order valence-electron chi connectivity index (χ4n) is 2.64. The largest absolute Gasteiger partial charge is 0.505 e. The molecule has 1 N–H and O–H groups in total. The first kappa shape index (κ1) is 20.4. The molecule has 0 radical (unpaired) electrons. The predicted molar refractivity (Wildman–Crippen MR) is 108 cm³/mol. The van der Waals surface area contributed by atoms with Crippen LogP contribution in [0.2, 0.25) is 0 Å². The monoisotopic (exact) mass is 507 g/mol. The molecule has 0 aliphatic carbocycles. The molecule has 1 aliphatic heterocycles. The molecule has 7 heteroatoms. The number of nitrogens with zero attached hydrogens (tertiary/aromatic N) is 3. The van der Waals surface area contributed by atoms with Crippen LogP contribution in [0.5, 0.6) is 5.75 Å². The smallest absolute Gasteiger partial charge is 0.152 e. The number of para-hydroxylation sites is 1. The van der Waals surface area contributed by atoms with Gasteiger partial charge in [0, 0.05) is 50.2 Å². The summed E-state index contributed by atoms with van der Waals surface area (Å²) < 4.78 is 0.517. The van der Waals surface area contributed by atoms with Gasteiger partial charge in [-0.25, -0.2) is 4.98 Å². The third-order valence-corrected chi connectivity index (χ3v) is 4.43. The number of aromatic nitrogens is 1. The highest BCUT2D eigenvalue weighted by molar-refractivity contribution is 9.10. The molecule has 126 valence electrons. The van der Waals surface area contributed by atoms with Gasteiger partial charge < -0.3 is 10.0 Å². The highest BCUT2D eigenvalue weighted by Crippen LogP contribution is 2.26. The van der Waals surface area contributed by atoms with E-state index in [9.17, 15) is 5.11 Å². The summed E-state index contributed by atoms with van der Waals surface area (Å²) in [6.07, 6.45) is 1.72. The van der Waals surface area contributed by atoms with Crippen LogP contribution in [0.1, 0.15) is 5.56 Å². The van der Waals surface area contributed by atoms with Crippen LogP contribution >= 0.6 is 49.9 Å². The van der Waals surface area contributed by atoms with Crippen molar-refractivity contribution in [3.63, 3.8) is 0 Å². The number of halogens is 3. The van der Waals surface area contributed by atoms with E-state index in [0.29, 0.717) is 4.60 Å². The lowest BCUT2D eigenvalue weighted by Gasteiger charge is -2.36. The number of benzene rings is 1. The van der Waals surface area contributed by atoms with Crippen molar-refractivity contribution in [2.75, 3.05) is 31.1 Å². The quantitative estimate of drug-likeness (QED) is 0.634. The lowest BCUT2D eigenvalue weighted by Crippen LogP contribution is -2.45. The van der Waals surface area contributed by atoms with E-state index >= 15 is 0 Å². The lowest BCUT2D eigenvalue weighted by atomic mass is 10.2. The van der Waals surface area contributed by atoms with Crippen molar-refractivity contribution in [3.8, 4) is 5.75 Å². The Labute approximate surface area is 166 Å². The Hall–Kier alpha value is -0.630. The predicted octanol–water partition coefficient (Wildman–Crippen LogP) is 4.03. The van der Waals surface area contributed by atoms with Gasteiger partial charge in [-0.05, 0) is 34.1 Å². The first-order valence-corrected chi connectivity index (χ1v) is 7.88. The molecule has 0 atom stereocenters. The van der Waals surface area contributed by atoms with Gasteiger partial charge in [-0.3, -0.25) is 4.90 Å². The van der Waals surface area contributed by atoms with E-state index in [-0.39, 0.29) is 39.7 Å². The summed E-state index contributed by atoms with van der Waals surface area (Å²) in [6, 6.07) is 12.4. The number of piperazine rings is 1. The normalized spacial score (nSPS) is 14.7. The van der Waals surface area contributed by atoms with E-state index in [0.717, 1.165) is 38.3 Å². The van der Waals surface area contributed by atoms with E-state index in [1.807, 2.05) is 12.1 Å². The zero-order chi connectivity index (χ0) is 14.7. The Balaban J connectivity index is 0.00000132. The molecule has 1 fully saturated rings. The van der Waals surface area contributed by atoms with E-state index < -0.39 is 0 Å². The molecular formula is C16H20Br3N3O. The van der Waals surface area contributed by atoms with Gasteiger partial charge in [-0.2, -0.15) is 0 Å². The third-order valence-electron chi connectivity index (χ3n) is 3.85. The Kier molecular flexibility index (Phi) is 8.53. The van der Waals surface area contributed by atoms with Gasteiger partial charge in [0.05, 0.1) is 0 Å². The minimum Gasteiger partial charge on any atom is -0.505 e. The second kappa shape index (κ2) is 9.61. The number of hydrogen-bond acceptors (Lipinski definition) is 4. The summed E-state index contributed by atoms with van der Waals surface area (Å²) in [4.78, 5) is 8.79. The van der Waals surface area contributed by atoms with Crippen molar-refractivity contribution in [3.05, 3.63) is 52.8 Å². The maximum atomic E-state index is 10.0. The maximum absolute atomic E-state index is 10.0. The molecule has 0 amide bonds. The number of hydrogen-bond donors (Lipinski definition) is 1. The summed E-state index contributed by atoms with van der Waals surface area (Å²) in [5.41, 5.74) is 2.21. The molecule has 1 saturated heterocycles. The second-order valence-corrected chi connectivity index (χ2v) is 5.96. The molecule has 2 heterocycles. The van der Waals surface area contributed by atoms with Crippen molar-refractivity contribution in [2.24, 2.45) is 0 Å². The Morgan fingerprint density at radius 1 is 1.00 bits per heavy atom. The van der Waals surface area contributed by atoms with Crippen LogP contribution < -0.4 is 4.90 Å². The standard InChI is InChI=1S/C16H18BrN3O.2BrH/c17-16-15(21)13(6-7-18-16)12-19-8-10-20(11-9-19)14-4-2-1-3-5-14;;/h1-7,21H,8-12H2;2*1H. The fourth-order valence-corrected chi connectivity index (χ4v) is 3.01. The fraction of sp³-hybridized carbons (Fsp3) is 0.312. The van der Waals surface area contributed by atoms with Gasteiger partial charge in [0.2, 0.25) is 0 Å². The topological polar surface area (TPSA) is 39.6 Å². The van der Waals surface area contributed by atoms with Gasteiger partial charge in [0.1, 0.15) is 4.60 Å². The molecule has 23 heavy (non-hydrogen) atoms. The van der Waals surface area contributed by atoms with Crippen molar-refractivity contribution in [2.45, 2.75) is 6.54 Å². The van der Waals surface area contributed by atoms with Gasteiger partial charge in [-0.15, -0.1) is 34.0 Å². The van der Waals surface area contributed by atoms with E-state index in [2.05, 4.69) is 55.0 Å².